The summed E-state index contributed by atoms with van der Waals surface area (Å²) in [6, 6.07) is 10.2. The summed E-state index contributed by atoms with van der Waals surface area (Å²) in [5.41, 5.74) is 7.93. The van der Waals surface area contributed by atoms with Crippen molar-refractivity contribution in [1.29, 1.82) is 0 Å². The van der Waals surface area contributed by atoms with Crippen molar-refractivity contribution in [2.24, 2.45) is 0 Å². The molecule has 0 heterocycles. The van der Waals surface area contributed by atoms with E-state index in [-0.39, 0.29) is 0 Å². The number of nitrogens with zero attached hydrogens (tertiary/aromatic N) is 1. The Labute approximate surface area is 61.2 Å². The fourth-order valence-electron chi connectivity index (χ4n) is 0.766. The highest BCUT2D eigenvalue weighted by molar-refractivity contribution is 5.13. The number of rotatable bonds is 3. The van der Waals surface area contributed by atoms with Crippen LogP contribution in [-0.2, 0) is 6.54 Å². The molecule has 0 unspecified atom stereocenters. The second-order valence-corrected chi connectivity index (χ2v) is 2.04. The zero-order valence-electron chi connectivity index (χ0n) is 6.04. The highest BCUT2D eigenvalue weighted by Gasteiger charge is 1.86. The maximum atomic E-state index is 3.78. The largest absolute Gasteiger partial charge is 0.236 e. The van der Waals surface area contributed by atoms with Gasteiger partial charge in [-0.25, -0.2) is 5.43 Å². The third kappa shape index (κ3) is 2.17. The molecular weight excluding hydrogens is 124 g/mol. The molecule has 0 aliphatic carbocycles. The average molecular weight is 135 g/mol. The first-order valence-corrected chi connectivity index (χ1v) is 3.29. The van der Waals surface area contributed by atoms with Crippen LogP contribution < -0.4 is 10.9 Å². The SMILES string of the molecule is C[N]NCc1ccccc1. The molecule has 2 nitrogen and oxygen atoms in total. The molecule has 0 bridgehead atoms. The van der Waals surface area contributed by atoms with Crippen molar-refractivity contribution in [1.82, 2.24) is 10.9 Å². The minimum Gasteiger partial charge on any atom is -0.236 e. The fourth-order valence-corrected chi connectivity index (χ4v) is 0.766. The van der Waals surface area contributed by atoms with Crippen LogP contribution in [0.25, 0.3) is 0 Å². The topological polar surface area (TPSA) is 26.1 Å². The average Bonchev–Trinajstić information content (AvgIpc) is 2.03. The summed E-state index contributed by atoms with van der Waals surface area (Å²) in [5.74, 6) is 0. The van der Waals surface area contributed by atoms with E-state index < -0.39 is 0 Å². The fraction of sp³-hybridized carbons (Fsp3) is 0.250. The van der Waals surface area contributed by atoms with Gasteiger partial charge in [0.05, 0.1) is 0 Å². The molecule has 2 heteroatoms. The van der Waals surface area contributed by atoms with Crippen molar-refractivity contribution in [3.63, 3.8) is 0 Å². The molecule has 0 aliphatic rings. The first-order chi connectivity index (χ1) is 4.93. The van der Waals surface area contributed by atoms with Crippen LogP contribution >= 0.6 is 0 Å². The van der Waals surface area contributed by atoms with Crippen LogP contribution in [-0.4, -0.2) is 7.05 Å². The summed E-state index contributed by atoms with van der Waals surface area (Å²) < 4.78 is 0. The van der Waals surface area contributed by atoms with E-state index in [0.29, 0.717) is 0 Å². The molecule has 0 aromatic heterocycles. The number of nitrogens with one attached hydrogen (secondary N) is 1. The van der Waals surface area contributed by atoms with E-state index in [4.69, 9.17) is 0 Å². The van der Waals surface area contributed by atoms with Crippen molar-refractivity contribution in [3.8, 4) is 0 Å². The smallest absolute Gasteiger partial charge is 0.0367 e. The van der Waals surface area contributed by atoms with Crippen LogP contribution in [0.2, 0.25) is 0 Å². The lowest BCUT2D eigenvalue weighted by Crippen LogP contribution is -2.19. The highest BCUT2D eigenvalue weighted by Crippen LogP contribution is 1.95. The Morgan fingerprint density at radius 3 is 2.60 bits per heavy atom. The number of hydrogen-bond donors (Lipinski definition) is 1. The van der Waals surface area contributed by atoms with Gasteiger partial charge in [-0.15, -0.1) is 0 Å². The summed E-state index contributed by atoms with van der Waals surface area (Å²) in [4.78, 5) is 0. The quantitative estimate of drug-likeness (QED) is 0.613. The second-order valence-electron chi connectivity index (χ2n) is 2.04. The Hall–Kier alpha value is -0.860. The van der Waals surface area contributed by atoms with E-state index in [1.54, 1.807) is 7.05 Å². The minimum absolute atomic E-state index is 0.817. The van der Waals surface area contributed by atoms with Crippen molar-refractivity contribution < 1.29 is 0 Å². The molecule has 1 aromatic rings. The summed E-state index contributed by atoms with van der Waals surface area (Å²) in [6.07, 6.45) is 0. The molecule has 1 N–H and O–H groups in total. The third-order valence-corrected chi connectivity index (χ3v) is 1.28. The van der Waals surface area contributed by atoms with Crippen LogP contribution in [0.1, 0.15) is 5.56 Å². The van der Waals surface area contributed by atoms with Gasteiger partial charge in [0.1, 0.15) is 0 Å². The lowest BCUT2D eigenvalue weighted by atomic mass is 10.2. The van der Waals surface area contributed by atoms with Crippen LogP contribution in [0, 0.1) is 0 Å². The van der Waals surface area contributed by atoms with Gasteiger partial charge in [-0.1, -0.05) is 30.3 Å². The lowest BCUT2D eigenvalue weighted by molar-refractivity contribution is 0.584. The van der Waals surface area contributed by atoms with Gasteiger partial charge in [-0.05, 0) is 5.56 Å². The predicted octanol–water partition coefficient (Wildman–Crippen LogP) is 0.925. The van der Waals surface area contributed by atoms with Crippen molar-refractivity contribution in [3.05, 3.63) is 35.9 Å². The summed E-state index contributed by atoms with van der Waals surface area (Å²) in [5, 5.41) is 0. The normalized spacial score (nSPS) is 9.70. The molecule has 0 saturated heterocycles. The predicted molar refractivity (Wildman–Crippen MR) is 41.3 cm³/mol. The van der Waals surface area contributed by atoms with Crippen molar-refractivity contribution >= 4 is 0 Å². The van der Waals surface area contributed by atoms with E-state index in [1.807, 2.05) is 18.2 Å². The van der Waals surface area contributed by atoms with E-state index >= 15 is 0 Å². The van der Waals surface area contributed by atoms with E-state index in [2.05, 4.69) is 23.0 Å². The van der Waals surface area contributed by atoms with Gasteiger partial charge in [-0.3, -0.25) is 0 Å². The summed E-state index contributed by atoms with van der Waals surface area (Å²) >= 11 is 0. The van der Waals surface area contributed by atoms with Gasteiger partial charge >= 0.3 is 0 Å². The number of benzene rings is 1. The van der Waals surface area contributed by atoms with Crippen LogP contribution in [0.4, 0.5) is 0 Å². The molecule has 53 valence electrons. The summed E-state index contributed by atoms with van der Waals surface area (Å²) in [7, 11) is 1.74. The van der Waals surface area contributed by atoms with Gasteiger partial charge in [0, 0.05) is 13.6 Å². The second kappa shape index (κ2) is 4.04. The Kier molecular flexibility index (Phi) is 2.93. The molecule has 0 fully saturated rings. The maximum absolute atomic E-state index is 3.78. The van der Waals surface area contributed by atoms with Crippen LogP contribution in [0.3, 0.4) is 0 Å². The van der Waals surface area contributed by atoms with Crippen molar-refractivity contribution in [2.75, 3.05) is 7.05 Å². The third-order valence-electron chi connectivity index (χ3n) is 1.28. The van der Waals surface area contributed by atoms with Gasteiger partial charge in [0.2, 0.25) is 0 Å². The molecule has 0 amide bonds. The zero-order chi connectivity index (χ0) is 7.23. The highest BCUT2D eigenvalue weighted by atomic mass is 15.3. The van der Waals surface area contributed by atoms with E-state index in [9.17, 15) is 0 Å². The zero-order valence-corrected chi connectivity index (χ0v) is 6.04. The van der Waals surface area contributed by atoms with Crippen LogP contribution in [0.5, 0.6) is 0 Å². The first-order valence-electron chi connectivity index (χ1n) is 3.29. The number of hydrogen-bond acceptors (Lipinski definition) is 1. The minimum atomic E-state index is 0.817. The molecule has 0 aliphatic heterocycles. The van der Waals surface area contributed by atoms with Gasteiger partial charge in [0.25, 0.3) is 0 Å². The molecule has 10 heavy (non-hydrogen) atoms. The van der Waals surface area contributed by atoms with Gasteiger partial charge in [0.15, 0.2) is 0 Å². The molecule has 1 aromatic carbocycles. The molecule has 1 radical (unpaired) electrons. The first kappa shape index (κ1) is 7.25. The van der Waals surface area contributed by atoms with Gasteiger partial charge in [-0.2, -0.15) is 5.43 Å². The van der Waals surface area contributed by atoms with Crippen molar-refractivity contribution in [2.45, 2.75) is 6.54 Å². The van der Waals surface area contributed by atoms with Crippen LogP contribution in [0.15, 0.2) is 30.3 Å². The Bertz CT molecular complexity index is 172. The molecule has 0 saturated carbocycles. The molecular formula is C8H11N2. The maximum Gasteiger partial charge on any atom is 0.0367 e. The monoisotopic (exact) mass is 135 g/mol. The van der Waals surface area contributed by atoms with Gasteiger partial charge < -0.3 is 0 Å². The van der Waals surface area contributed by atoms with E-state index in [0.717, 1.165) is 6.54 Å². The van der Waals surface area contributed by atoms with E-state index in [1.165, 1.54) is 5.56 Å². The standard InChI is InChI=1S/C8H11N2/c1-9-10-7-8-5-3-2-4-6-8/h2-6,10H,7H2,1H3. The molecule has 0 spiro atoms. The summed E-state index contributed by atoms with van der Waals surface area (Å²) in [6.45, 7) is 0.817. The molecule has 1 rings (SSSR count). The Morgan fingerprint density at radius 2 is 2.00 bits per heavy atom. The Balaban J connectivity index is 2.43. The molecule has 0 atom stereocenters. The lowest BCUT2D eigenvalue weighted by Gasteiger charge is -1.98. The Morgan fingerprint density at radius 1 is 1.30 bits per heavy atom.